The summed E-state index contributed by atoms with van der Waals surface area (Å²) < 4.78 is 0. The molecule has 24 heavy (non-hydrogen) atoms. The molecule has 2 fully saturated rings. The van der Waals surface area contributed by atoms with Crippen molar-refractivity contribution < 1.29 is 0 Å². The number of nitrogens with one attached hydrogen (secondary N) is 2. The van der Waals surface area contributed by atoms with Crippen LogP contribution in [0.3, 0.4) is 0 Å². The lowest BCUT2D eigenvalue weighted by Gasteiger charge is -2.27. The standard InChI is InChI=1S/C13H17NS.C7H13NS/c1-10(2)13-14-12(8-9-15-13)11-6-4-3-5-7-11;1-6(2)7-8-4-3-5-9-7/h3-7,12,14H,8-9H2,1-2H3;8H,3-5H2,1-2H3. The van der Waals surface area contributed by atoms with Crippen LogP contribution in [0.25, 0.3) is 0 Å². The van der Waals surface area contributed by atoms with Crippen molar-refractivity contribution in [3.63, 3.8) is 0 Å². The maximum atomic E-state index is 3.61. The van der Waals surface area contributed by atoms with Crippen LogP contribution in [0.15, 0.2) is 51.5 Å². The van der Waals surface area contributed by atoms with E-state index in [1.54, 1.807) is 0 Å². The summed E-state index contributed by atoms with van der Waals surface area (Å²) in [6.45, 7) is 9.81. The minimum atomic E-state index is 0.498. The van der Waals surface area contributed by atoms with Gasteiger partial charge in [0.15, 0.2) is 0 Å². The summed E-state index contributed by atoms with van der Waals surface area (Å²) in [7, 11) is 0. The highest BCUT2D eigenvalue weighted by Crippen LogP contribution is 2.31. The van der Waals surface area contributed by atoms with E-state index in [0.29, 0.717) is 6.04 Å². The molecule has 1 aromatic rings. The number of rotatable bonds is 1. The maximum Gasteiger partial charge on any atom is 0.0672 e. The van der Waals surface area contributed by atoms with Crippen molar-refractivity contribution in [2.24, 2.45) is 0 Å². The van der Waals surface area contributed by atoms with Gasteiger partial charge < -0.3 is 10.6 Å². The van der Waals surface area contributed by atoms with E-state index in [2.05, 4.69) is 68.7 Å². The molecule has 0 radical (unpaired) electrons. The molecule has 0 saturated carbocycles. The molecule has 2 aliphatic rings. The lowest BCUT2D eigenvalue weighted by Crippen LogP contribution is -2.25. The Morgan fingerprint density at radius 3 is 2.12 bits per heavy atom. The van der Waals surface area contributed by atoms with Crippen LogP contribution >= 0.6 is 23.5 Å². The van der Waals surface area contributed by atoms with Gasteiger partial charge in [-0.3, -0.25) is 0 Å². The molecule has 132 valence electrons. The molecule has 4 heteroatoms. The number of hydrogen-bond donors (Lipinski definition) is 2. The number of thioether (sulfide) groups is 2. The molecule has 2 heterocycles. The van der Waals surface area contributed by atoms with E-state index in [1.165, 1.54) is 51.1 Å². The van der Waals surface area contributed by atoms with Crippen molar-refractivity contribution in [2.75, 3.05) is 18.1 Å². The molecule has 2 saturated heterocycles. The topological polar surface area (TPSA) is 24.1 Å². The Hall–Kier alpha value is -1.00. The first-order valence-corrected chi connectivity index (χ1v) is 10.7. The molecule has 0 aromatic heterocycles. The quantitative estimate of drug-likeness (QED) is 0.672. The first-order valence-electron chi connectivity index (χ1n) is 8.74. The summed E-state index contributed by atoms with van der Waals surface area (Å²) in [5.74, 6) is 2.50. The Morgan fingerprint density at radius 2 is 1.58 bits per heavy atom. The van der Waals surface area contributed by atoms with Crippen LogP contribution in [-0.4, -0.2) is 18.1 Å². The van der Waals surface area contributed by atoms with Gasteiger partial charge in [-0.15, -0.1) is 23.5 Å². The van der Waals surface area contributed by atoms with Crippen LogP contribution in [0.4, 0.5) is 0 Å². The third-order valence-corrected chi connectivity index (χ3v) is 6.51. The normalized spacial score (nSPS) is 20.2. The van der Waals surface area contributed by atoms with Crippen LogP contribution in [0.2, 0.25) is 0 Å². The van der Waals surface area contributed by atoms with Gasteiger partial charge in [-0.05, 0) is 57.2 Å². The van der Waals surface area contributed by atoms with E-state index in [9.17, 15) is 0 Å². The molecular formula is C20H30N2S2. The van der Waals surface area contributed by atoms with Gasteiger partial charge in [0.1, 0.15) is 0 Å². The van der Waals surface area contributed by atoms with Crippen molar-refractivity contribution in [2.45, 2.75) is 46.6 Å². The Morgan fingerprint density at radius 1 is 0.917 bits per heavy atom. The summed E-state index contributed by atoms with van der Waals surface area (Å²) in [5, 5.41) is 9.72. The van der Waals surface area contributed by atoms with E-state index in [0.717, 1.165) is 6.54 Å². The summed E-state index contributed by atoms with van der Waals surface area (Å²) in [6, 6.07) is 11.2. The summed E-state index contributed by atoms with van der Waals surface area (Å²) >= 11 is 3.88. The van der Waals surface area contributed by atoms with E-state index in [-0.39, 0.29) is 0 Å². The second-order valence-corrected chi connectivity index (χ2v) is 8.74. The Kier molecular flexibility index (Phi) is 8.13. The van der Waals surface area contributed by atoms with Crippen molar-refractivity contribution in [1.29, 1.82) is 0 Å². The predicted molar refractivity (Wildman–Crippen MR) is 111 cm³/mol. The van der Waals surface area contributed by atoms with Gasteiger partial charge in [-0.2, -0.15) is 0 Å². The Bertz CT molecular complexity index is 563. The summed E-state index contributed by atoms with van der Waals surface area (Å²) in [6.07, 6.45) is 2.52. The molecule has 0 aliphatic carbocycles. The highest BCUT2D eigenvalue weighted by molar-refractivity contribution is 8.03. The molecular weight excluding hydrogens is 332 g/mol. The minimum absolute atomic E-state index is 0.498. The maximum absolute atomic E-state index is 3.61. The fourth-order valence-corrected chi connectivity index (χ4v) is 4.65. The number of allylic oxidation sites excluding steroid dienone is 2. The van der Waals surface area contributed by atoms with Gasteiger partial charge in [0.05, 0.1) is 16.1 Å². The van der Waals surface area contributed by atoms with Crippen LogP contribution in [0.5, 0.6) is 0 Å². The fraction of sp³-hybridized carbons (Fsp3) is 0.500. The smallest absolute Gasteiger partial charge is 0.0672 e. The third-order valence-electron chi connectivity index (χ3n) is 3.92. The molecule has 3 rings (SSSR count). The van der Waals surface area contributed by atoms with Crippen molar-refractivity contribution >= 4 is 23.5 Å². The second kappa shape index (κ2) is 10.1. The highest BCUT2D eigenvalue weighted by atomic mass is 32.2. The Balaban J connectivity index is 0.000000198. The van der Waals surface area contributed by atoms with Crippen molar-refractivity contribution in [1.82, 2.24) is 10.6 Å². The van der Waals surface area contributed by atoms with E-state index in [4.69, 9.17) is 0 Å². The van der Waals surface area contributed by atoms with Gasteiger partial charge in [0.25, 0.3) is 0 Å². The molecule has 2 aliphatic heterocycles. The van der Waals surface area contributed by atoms with E-state index >= 15 is 0 Å². The van der Waals surface area contributed by atoms with Gasteiger partial charge in [-0.1, -0.05) is 30.3 Å². The first kappa shape index (κ1) is 19.3. The molecule has 2 N–H and O–H groups in total. The molecule has 2 nitrogen and oxygen atoms in total. The van der Waals surface area contributed by atoms with Crippen LogP contribution in [0, 0.1) is 0 Å². The lowest BCUT2D eigenvalue weighted by atomic mass is 10.0. The average Bonchev–Trinajstić information content (AvgIpc) is 2.64. The monoisotopic (exact) mass is 362 g/mol. The van der Waals surface area contributed by atoms with E-state index < -0.39 is 0 Å². The molecule has 0 amide bonds. The minimum Gasteiger partial charge on any atom is -0.380 e. The zero-order chi connectivity index (χ0) is 17.4. The van der Waals surface area contributed by atoms with Crippen molar-refractivity contribution in [3.8, 4) is 0 Å². The lowest BCUT2D eigenvalue weighted by molar-refractivity contribution is 0.586. The largest absolute Gasteiger partial charge is 0.380 e. The van der Waals surface area contributed by atoms with Gasteiger partial charge >= 0.3 is 0 Å². The molecule has 0 spiro atoms. The predicted octanol–water partition coefficient (Wildman–Crippen LogP) is 5.67. The summed E-state index contributed by atoms with van der Waals surface area (Å²) in [5.41, 5.74) is 4.21. The van der Waals surface area contributed by atoms with Crippen LogP contribution in [-0.2, 0) is 0 Å². The zero-order valence-electron chi connectivity index (χ0n) is 15.3. The first-order chi connectivity index (χ1) is 11.6. The second-order valence-electron chi connectivity index (χ2n) is 6.53. The zero-order valence-corrected chi connectivity index (χ0v) is 16.9. The van der Waals surface area contributed by atoms with Gasteiger partial charge in [0, 0.05) is 18.1 Å². The average molecular weight is 363 g/mol. The van der Waals surface area contributed by atoms with Crippen LogP contribution < -0.4 is 10.6 Å². The molecule has 1 aromatic carbocycles. The fourth-order valence-electron chi connectivity index (χ4n) is 2.60. The molecule has 0 bridgehead atoms. The summed E-state index contributed by atoms with van der Waals surface area (Å²) in [4.78, 5) is 0. The third kappa shape index (κ3) is 6.14. The van der Waals surface area contributed by atoms with Gasteiger partial charge in [-0.25, -0.2) is 0 Å². The molecule has 1 atom stereocenters. The van der Waals surface area contributed by atoms with Crippen LogP contribution in [0.1, 0.15) is 52.1 Å². The van der Waals surface area contributed by atoms with Gasteiger partial charge in [0.2, 0.25) is 0 Å². The number of hydrogen-bond acceptors (Lipinski definition) is 4. The number of benzene rings is 1. The molecule has 1 unspecified atom stereocenters. The van der Waals surface area contributed by atoms with Crippen molar-refractivity contribution in [3.05, 3.63) is 57.1 Å². The SMILES string of the molecule is CC(C)=C1NC(c2ccccc2)CCS1.CC(C)=C1NCCCS1. The highest BCUT2D eigenvalue weighted by Gasteiger charge is 2.18. The Labute approximate surface area is 156 Å². The van der Waals surface area contributed by atoms with E-state index in [1.807, 2.05) is 23.5 Å².